The second-order valence-electron chi connectivity index (χ2n) is 4.98. The monoisotopic (exact) mass is 303 g/mol. The van der Waals surface area contributed by atoms with Gasteiger partial charge < -0.3 is 14.4 Å². The zero-order valence-corrected chi connectivity index (χ0v) is 12.3. The van der Waals surface area contributed by atoms with Gasteiger partial charge in [-0.3, -0.25) is 4.79 Å². The van der Waals surface area contributed by atoms with Gasteiger partial charge in [0.2, 0.25) is 0 Å². The first-order chi connectivity index (χ1) is 8.90. The van der Waals surface area contributed by atoms with E-state index >= 15 is 0 Å². The third kappa shape index (κ3) is 3.32. The number of halogens is 2. The molecule has 0 atom stereocenters. The molecule has 1 amide bonds. The Bertz CT molecular complexity index is 491. The molecule has 0 saturated carbocycles. The Kier molecular flexibility index (Phi) is 4.23. The van der Waals surface area contributed by atoms with Gasteiger partial charge in [-0.2, -0.15) is 0 Å². The molecular formula is C13H15Cl2NO3. The Balaban J connectivity index is 1.97. The highest BCUT2D eigenvalue weighted by atomic mass is 35.5. The van der Waals surface area contributed by atoms with Crippen molar-refractivity contribution in [1.29, 1.82) is 0 Å². The number of hydrogen-bond donors (Lipinski definition) is 0. The fraction of sp³-hybridized carbons (Fsp3) is 0.462. The molecule has 0 aromatic heterocycles. The molecule has 1 aromatic rings. The Morgan fingerprint density at radius 3 is 2.79 bits per heavy atom. The molecule has 6 heteroatoms. The number of carbonyl (C=O) groups is 1. The van der Waals surface area contributed by atoms with E-state index in [1.54, 1.807) is 23.1 Å². The standard InChI is InChI=1S/C13H15Cl2NO3/c1-13(2)7-18-8-16(13)12(17)6-19-11-4-3-9(14)5-10(11)15/h3-5H,6-8H2,1-2H3. The molecule has 0 aliphatic carbocycles. The van der Waals surface area contributed by atoms with E-state index in [0.717, 1.165) is 0 Å². The summed E-state index contributed by atoms with van der Waals surface area (Å²) in [5.74, 6) is 0.311. The van der Waals surface area contributed by atoms with Crippen molar-refractivity contribution in [3.63, 3.8) is 0 Å². The molecule has 1 saturated heterocycles. The number of ether oxygens (including phenoxy) is 2. The molecule has 1 fully saturated rings. The maximum absolute atomic E-state index is 12.1. The third-order valence-corrected chi connectivity index (χ3v) is 3.48. The average Bonchev–Trinajstić information content (AvgIpc) is 2.67. The van der Waals surface area contributed by atoms with Crippen LogP contribution in [-0.2, 0) is 9.53 Å². The van der Waals surface area contributed by atoms with Crippen molar-refractivity contribution in [3.8, 4) is 5.75 Å². The topological polar surface area (TPSA) is 38.8 Å². The van der Waals surface area contributed by atoms with Crippen molar-refractivity contribution in [2.75, 3.05) is 19.9 Å². The van der Waals surface area contributed by atoms with Crippen LogP contribution in [0.2, 0.25) is 10.0 Å². The van der Waals surface area contributed by atoms with E-state index in [1.807, 2.05) is 13.8 Å². The number of benzene rings is 1. The minimum Gasteiger partial charge on any atom is -0.482 e. The van der Waals surface area contributed by atoms with Gasteiger partial charge in [0.05, 0.1) is 17.2 Å². The fourth-order valence-electron chi connectivity index (χ4n) is 1.86. The lowest BCUT2D eigenvalue weighted by atomic mass is 10.1. The Morgan fingerprint density at radius 2 is 2.21 bits per heavy atom. The molecule has 1 aromatic carbocycles. The molecular weight excluding hydrogens is 289 g/mol. The predicted octanol–water partition coefficient (Wildman–Crippen LogP) is 2.97. The first-order valence-electron chi connectivity index (χ1n) is 5.86. The van der Waals surface area contributed by atoms with E-state index in [9.17, 15) is 4.79 Å². The maximum Gasteiger partial charge on any atom is 0.262 e. The molecule has 0 unspecified atom stereocenters. The summed E-state index contributed by atoms with van der Waals surface area (Å²) in [6.07, 6.45) is 0. The number of rotatable bonds is 3. The highest BCUT2D eigenvalue weighted by Crippen LogP contribution is 2.28. The summed E-state index contributed by atoms with van der Waals surface area (Å²) in [4.78, 5) is 13.7. The number of hydrogen-bond acceptors (Lipinski definition) is 3. The summed E-state index contributed by atoms with van der Waals surface area (Å²) in [6, 6.07) is 4.88. The van der Waals surface area contributed by atoms with Crippen LogP contribution in [0.1, 0.15) is 13.8 Å². The summed E-state index contributed by atoms with van der Waals surface area (Å²) in [6.45, 7) is 4.65. The largest absolute Gasteiger partial charge is 0.482 e. The van der Waals surface area contributed by atoms with Crippen LogP contribution in [0.5, 0.6) is 5.75 Å². The van der Waals surface area contributed by atoms with Gasteiger partial charge in [0.25, 0.3) is 5.91 Å². The lowest BCUT2D eigenvalue weighted by molar-refractivity contribution is -0.137. The second-order valence-corrected chi connectivity index (χ2v) is 5.82. The highest BCUT2D eigenvalue weighted by molar-refractivity contribution is 6.35. The molecule has 1 aliphatic heterocycles. The van der Waals surface area contributed by atoms with Crippen molar-refractivity contribution >= 4 is 29.1 Å². The van der Waals surface area contributed by atoms with E-state index in [0.29, 0.717) is 29.1 Å². The summed E-state index contributed by atoms with van der Waals surface area (Å²) < 4.78 is 10.7. The average molecular weight is 304 g/mol. The number of amides is 1. The number of carbonyl (C=O) groups excluding carboxylic acids is 1. The van der Waals surface area contributed by atoms with Crippen LogP contribution in [-0.4, -0.2) is 36.3 Å². The fourth-order valence-corrected chi connectivity index (χ4v) is 2.32. The zero-order chi connectivity index (χ0) is 14.0. The minimum absolute atomic E-state index is 0.0753. The Hall–Kier alpha value is -0.970. The van der Waals surface area contributed by atoms with Crippen molar-refractivity contribution in [3.05, 3.63) is 28.2 Å². The van der Waals surface area contributed by atoms with Gasteiger partial charge in [-0.25, -0.2) is 0 Å². The van der Waals surface area contributed by atoms with Crippen molar-refractivity contribution in [1.82, 2.24) is 4.90 Å². The van der Waals surface area contributed by atoms with Gasteiger partial charge in [0.1, 0.15) is 12.5 Å². The molecule has 0 spiro atoms. The molecule has 4 nitrogen and oxygen atoms in total. The SMILES string of the molecule is CC1(C)COCN1C(=O)COc1ccc(Cl)cc1Cl. The van der Waals surface area contributed by atoms with Crippen LogP contribution in [0.15, 0.2) is 18.2 Å². The van der Waals surface area contributed by atoms with Crippen LogP contribution in [0.3, 0.4) is 0 Å². The Labute approximate surface area is 122 Å². The second kappa shape index (κ2) is 5.57. The molecule has 1 aliphatic rings. The zero-order valence-electron chi connectivity index (χ0n) is 10.8. The van der Waals surface area contributed by atoms with Crippen LogP contribution in [0.25, 0.3) is 0 Å². The van der Waals surface area contributed by atoms with Crippen LogP contribution >= 0.6 is 23.2 Å². The molecule has 104 valence electrons. The molecule has 1 heterocycles. The first-order valence-corrected chi connectivity index (χ1v) is 6.62. The van der Waals surface area contributed by atoms with Crippen LogP contribution < -0.4 is 4.74 Å². The molecule has 0 N–H and O–H groups in total. The van der Waals surface area contributed by atoms with Crippen LogP contribution in [0, 0.1) is 0 Å². The van der Waals surface area contributed by atoms with E-state index in [2.05, 4.69) is 0 Å². The molecule has 0 radical (unpaired) electrons. The summed E-state index contributed by atoms with van der Waals surface area (Å²) in [7, 11) is 0. The van der Waals surface area contributed by atoms with Gasteiger partial charge in [0, 0.05) is 5.02 Å². The summed E-state index contributed by atoms with van der Waals surface area (Å²) in [5, 5.41) is 0.912. The third-order valence-electron chi connectivity index (χ3n) is 2.95. The van der Waals surface area contributed by atoms with Crippen molar-refractivity contribution in [2.24, 2.45) is 0 Å². The van der Waals surface area contributed by atoms with Crippen molar-refractivity contribution < 1.29 is 14.3 Å². The summed E-state index contributed by atoms with van der Waals surface area (Å²) in [5.41, 5.74) is -0.301. The lowest BCUT2D eigenvalue weighted by Gasteiger charge is -2.28. The maximum atomic E-state index is 12.1. The van der Waals surface area contributed by atoms with E-state index in [4.69, 9.17) is 32.7 Å². The van der Waals surface area contributed by atoms with Crippen molar-refractivity contribution in [2.45, 2.75) is 19.4 Å². The van der Waals surface area contributed by atoms with E-state index in [-0.39, 0.29) is 18.1 Å². The molecule has 2 rings (SSSR count). The van der Waals surface area contributed by atoms with Gasteiger partial charge in [-0.1, -0.05) is 23.2 Å². The summed E-state index contributed by atoms with van der Waals surface area (Å²) >= 11 is 11.8. The minimum atomic E-state index is -0.301. The van der Waals surface area contributed by atoms with Gasteiger partial charge in [-0.05, 0) is 32.0 Å². The lowest BCUT2D eigenvalue weighted by Crippen LogP contribution is -2.46. The smallest absolute Gasteiger partial charge is 0.262 e. The Morgan fingerprint density at radius 1 is 1.47 bits per heavy atom. The van der Waals surface area contributed by atoms with E-state index < -0.39 is 0 Å². The quantitative estimate of drug-likeness (QED) is 0.862. The number of nitrogens with zero attached hydrogens (tertiary/aromatic N) is 1. The normalized spacial score (nSPS) is 17.6. The molecule has 0 bridgehead atoms. The first kappa shape index (κ1) is 14.4. The predicted molar refractivity (Wildman–Crippen MR) is 73.7 cm³/mol. The van der Waals surface area contributed by atoms with Gasteiger partial charge >= 0.3 is 0 Å². The molecule has 19 heavy (non-hydrogen) atoms. The van der Waals surface area contributed by atoms with Gasteiger partial charge in [-0.15, -0.1) is 0 Å². The highest BCUT2D eigenvalue weighted by Gasteiger charge is 2.36. The van der Waals surface area contributed by atoms with E-state index in [1.165, 1.54) is 0 Å². The van der Waals surface area contributed by atoms with Crippen LogP contribution in [0.4, 0.5) is 0 Å². The van der Waals surface area contributed by atoms with Gasteiger partial charge in [0.15, 0.2) is 6.61 Å².